The molecule has 7 nitrogen and oxygen atoms in total. The number of thiazole rings is 1. The number of halogens is 1. The van der Waals surface area contributed by atoms with Crippen molar-refractivity contribution in [2.45, 2.75) is 45.5 Å². The first-order chi connectivity index (χ1) is 16.8. The summed E-state index contributed by atoms with van der Waals surface area (Å²) in [5, 5.41) is 15.3. The largest absolute Gasteiger partial charge is 0.483 e. The van der Waals surface area contributed by atoms with Crippen LogP contribution < -0.4 is 10.1 Å². The van der Waals surface area contributed by atoms with Gasteiger partial charge < -0.3 is 14.6 Å². The number of nitrogens with one attached hydrogen (secondary N) is 1. The first kappa shape index (κ1) is 25.2. The van der Waals surface area contributed by atoms with Gasteiger partial charge in [-0.25, -0.2) is 4.98 Å². The van der Waals surface area contributed by atoms with Crippen LogP contribution in [0.3, 0.4) is 0 Å². The molecule has 0 radical (unpaired) electrons. The Bertz CT molecular complexity index is 1300. The standard InChI is InChI=1S/C25H26ClN5O2S2/c1-5-31-23(17(4)33-20-11-15(2)10-16(3)12-20)29-30-25(31)35-14-22(32)28-24-27-21(13-34-24)18-6-8-19(26)9-7-18/h6-13,17H,5,14H2,1-4H3,(H,27,28,32). The van der Waals surface area contributed by atoms with Gasteiger partial charge in [-0.15, -0.1) is 21.5 Å². The zero-order valence-corrected chi connectivity index (χ0v) is 22.3. The Kier molecular flexibility index (Phi) is 8.10. The number of aromatic nitrogens is 4. The number of aryl methyl sites for hydroxylation is 2. The Hall–Kier alpha value is -2.88. The number of carbonyl (C=O) groups excluding carboxylic acids is 1. The summed E-state index contributed by atoms with van der Waals surface area (Å²) in [5.74, 6) is 1.57. The van der Waals surface area contributed by atoms with E-state index in [-0.39, 0.29) is 17.8 Å². The van der Waals surface area contributed by atoms with E-state index in [4.69, 9.17) is 16.3 Å². The Labute approximate surface area is 217 Å². The second kappa shape index (κ2) is 11.2. The zero-order chi connectivity index (χ0) is 24.9. The van der Waals surface area contributed by atoms with E-state index in [2.05, 4.69) is 26.6 Å². The van der Waals surface area contributed by atoms with Gasteiger partial charge in [0, 0.05) is 22.5 Å². The van der Waals surface area contributed by atoms with E-state index in [0.29, 0.717) is 21.9 Å². The molecule has 0 fully saturated rings. The number of amides is 1. The van der Waals surface area contributed by atoms with E-state index in [1.807, 2.05) is 74.0 Å². The quantitative estimate of drug-likeness (QED) is 0.248. The fourth-order valence-electron chi connectivity index (χ4n) is 3.63. The van der Waals surface area contributed by atoms with Crippen LogP contribution in [-0.4, -0.2) is 31.4 Å². The number of nitrogens with zero attached hydrogens (tertiary/aromatic N) is 4. The van der Waals surface area contributed by atoms with Gasteiger partial charge in [0.25, 0.3) is 0 Å². The van der Waals surface area contributed by atoms with E-state index in [0.717, 1.165) is 34.0 Å². The first-order valence-corrected chi connectivity index (χ1v) is 13.4. The highest BCUT2D eigenvalue weighted by Gasteiger charge is 2.20. The SMILES string of the molecule is CCn1c(SCC(=O)Nc2nc(-c3ccc(Cl)cc3)cs2)nnc1C(C)Oc1cc(C)cc(C)c1. The first-order valence-electron chi connectivity index (χ1n) is 11.1. The number of ether oxygens (including phenoxy) is 1. The molecule has 2 aromatic heterocycles. The number of anilines is 1. The van der Waals surface area contributed by atoms with Crippen LogP contribution in [0.15, 0.2) is 53.0 Å². The number of hydrogen-bond donors (Lipinski definition) is 1. The average molecular weight is 528 g/mol. The van der Waals surface area contributed by atoms with Crippen molar-refractivity contribution in [3.8, 4) is 17.0 Å². The van der Waals surface area contributed by atoms with Crippen molar-refractivity contribution in [2.24, 2.45) is 0 Å². The van der Waals surface area contributed by atoms with Crippen LogP contribution in [0, 0.1) is 13.8 Å². The zero-order valence-electron chi connectivity index (χ0n) is 19.9. The van der Waals surface area contributed by atoms with Gasteiger partial charge in [-0.1, -0.05) is 41.6 Å². The molecule has 0 aliphatic rings. The van der Waals surface area contributed by atoms with Crippen LogP contribution in [0.1, 0.15) is 36.9 Å². The molecular weight excluding hydrogens is 502 g/mol. The predicted octanol–water partition coefficient (Wildman–Crippen LogP) is 6.56. The lowest BCUT2D eigenvalue weighted by Gasteiger charge is -2.16. The molecule has 0 bridgehead atoms. The highest BCUT2D eigenvalue weighted by molar-refractivity contribution is 7.99. The van der Waals surface area contributed by atoms with Crippen LogP contribution in [0.4, 0.5) is 5.13 Å². The van der Waals surface area contributed by atoms with Crippen LogP contribution in [0.2, 0.25) is 5.02 Å². The third-order valence-corrected chi connectivity index (χ3v) is 7.13. The monoisotopic (exact) mass is 527 g/mol. The normalized spacial score (nSPS) is 11.9. The number of hydrogen-bond acceptors (Lipinski definition) is 7. The summed E-state index contributed by atoms with van der Waals surface area (Å²) in [4.78, 5) is 17.1. The summed E-state index contributed by atoms with van der Waals surface area (Å²) in [6.07, 6.45) is -0.284. The molecule has 1 unspecified atom stereocenters. The molecule has 0 saturated heterocycles. The van der Waals surface area contributed by atoms with Gasteiger partial charge in [0.15, 0.2) is 22.2 Å². The molecule has 2 aromatic carbocycles. The highest BCUT2D eigenvalue weighted by Crippen LogP contribution is 2.28. The van der Waals surface area contributed by atoms with Crippen molar-refractivity contribution >= 4 is 45.7 Å². The van der Waals surface area contributed by atoms with Crippen molar-refractivity contribution in [3.05, 3.63) is 69.8 Å². The molecule has 1 amide bonds. The second-order valence-corrected chi connectivity index (χ2v) is 10.3. The summed E-state index contributed by atoms with van der Waals surface area (Å²) < 4.78 is 8.12. The van der Waals surface area contributed by atoms with Gasteiger partial charge >= 0.3 is 0 Å². The Balaban J connectivity index is 1.36. The summed E-state index contributed by atoms with van der Waals surface area (Å²) in [6.45, 7) is 8.74. The molecule has 35 heavy (non-hydrogen) atoms. The number of thioether (sulfide) groups is 1. The molecule has 0 saturated carbocycles. The van der Waals surface area contributed by atoms with Gasteiger partial charge in [0.2, 0.25) is 5.91 Å². The molecule has 0 aliphatic carbocycles. The molecular formula is C25H26ClN5O2S2. The van der Waals surface area contributed by atoms with E-state index >= 15 is 0 Å². The lowest BCUT2D eigenvalue weighted by molar-refractivity contribution is -0.113. The average Bonchev–Trinajstić information content (AvgIpc) is 3.44. The van der Waals surface area contributed by atoms with Crippen molar-refractivity contribution in [2.75, 3.05) is 11.1 Å². The maximum absolute atomic E-state index is 12.6. The summed E-state index contributed by atoms with van der Waals surface area (Å²) in [7, 11) is 0. The fraction of sp³-hybridized carbons (Fsp3) is 0.280. The van der Waals surface area contributed by atoms with Crippen molar-refractivity contribution < 1.29 is 9.53 Å². The summed E-state index contributed by atoms with van der Waals surface area (Å²) in [5.41, 5.74) is 4.03. The third kappa shape index (κ3) is 6.42. The molecule has 10 heteroatoms. The summed E-state index contributed by atoms with van der Waals surface area (Å²) >= 11 is 8.67. The molecule has 1 atom stereocenters. The lowest BCUT2D eigenvalue weighted by Crippen LogP contribution is -2.15. The number of carbonyl (C=O) groups is 1. The van der Waals surface area contributed by atoms with Gasteiger partial charge in [0.1, 0.15) is 5.75 Å². The van der Waals surface area contributed by atoms with E-state index in [1.54, 1.807) is 0 Å². The molecule has 4 rings (SSSR count). The number of benzene rings is 2. The molecule has 1 N–H and O–H groups in total. The van der Waals surface area contributed by atoms with Gasteiger partial charge in [-0.05, 0) is 63.1 Å². The van der Waals surface area contributed by atoms with E-state index < -0.39 is 0 Å². The molecule has 4 aromatic rings. The van der Waals surface area contributed by atoms with Crippen LogP contribution in [0.5, 0.6) is 5.75 Å². The van der Waals surface area contributed by atoms with Crippen molar-refractivity contribution in [1.29, 1.82) is 0 Å². The Morgan fingerprint density at radius 1 is 1.17 bits per heavy atom. The summed E-state index contributed by atoms with van der Waals surface area (Å²) in [6, 6.07) is 13.6. The fourth-order valence-corrected chi connectivity index (χ4v) is 5.30. The van der Waals surface area contributed by atoms with Crippen LogP contribution in [0.25, 0.3) is 11.3 Å². The molecule has 0 aliphatic heterocycles. The van der Waals surface area contributed by atoms with E-state index in [9.17, 15) is 4.79 Å². The number of rotatable bonds is 9. The smallest absolute Gasteiger partial charge is 0.236 e. The van der Waals surface area contributed by atoms with Crippen molar-refractivity contribution in [3.63, 3.8) is 0 Å². The maximum Gasteiger partial charge on any atom is 0.236 e. The minimum atomic E-state index is -0.284. The second-order valence-electron chi connectivity index (χ2n) is 8.05. The lowest BCUT2D eigenvalue weighted by atomic mass is 10.1. The topological polar surface area (TPSA) is 81.9 Å². The van der Waals surface area contributed by atoms with Crippen LogP contribution >= 0.6 is 34.7 Å². The minimum absolute atomic E-state index is 0.154. The third-order valence-electron chi connectivity index (χ3n) is 5.16. The molecule has 0 spiro atoms. The molecule has 182 valence electrons. The van der Waals surface area contributed by atoms with Gasteiger partial charge in [-0.3, -0.25) is 4.79 Å². The Morgan fingerprint density at radius 3 is 2.57 bits per heavy atom. The Morgan fingerprint density at radius 2 is 1.89 bits per heavy atom. The minimum Gasteiger partial charge on any atom is -0.483 e. The maximum atomic E-state index is 12.6. The highest BCUT2D eigenvalue weighted by atomic mass is 35.5. The van der Waals surface area contributed by atoms with Gasteiger partial charge in [0.05, 0.1) is 11.4 Å². The molecule has 2 heterocycles. The van der Waals surface area contributed by atoms with Crippen molar-refractivity contribution in [1.82, 2.24) is 19.7 Å². The predicted molar refractivity (Wildman–Crippen MR) is 143 cm³/mol. The van der Waals surface area contributed by atoms with Gasteiger partial charge in [-0.2, -0.15) is 0 Å². The van der Waals surface area contributed by atoms with Crippen LogP contribution in [-0.2, 0) is 11.3 Å². The van der Waals surface area contributed by atoms with E-state index in [1.165, 1.54) is 23.1 Å².